The van der Waals surface area contributed by atoms with Crippen LogP contribution in [0.3, 0.4) is 0 Å². The minimum Gasteiger partial charge on any atom is -0.445 e. The molecule has 0 saturated carbocycles. The van der Waals surface area contributed by atoms with Crippen LogP contribution in [0, 0.1) is 0 Å². The highest BCUT2D eigenvalue weighted by molar-refractivity contribution is 5.95. The van der Waals surface area contributed by atoms with Crippen LogP contribution in [0.5, 0.6) is 0 Å². The smallest absolute Gasteiger partial charge is 0.411 e. The number of nitrogens with one attached hydrogen (secondary N) is 1. The molecule has 1 aliphatic heterocycles. The third-order valence-corrected chi connectivity index (χ3v) is 2.74. The Kier molecular flexibility index (Phi) is 4.73. The maximum Gasteiger partial charge on any atom is 0.411 e. The van der Waals surface area contributed by atoms with Crippen LogP contribution in [-0.2, 0) is 14.3 Å². The highest BCUT2D eigenvalue weighted by Crippen LogP contribution is 2.19. The SMILES string of the molecule is C=CCOC(=O)Nc1ccc(N2CCOCC2=O)cc1. The second-order valence-corrected chi connectivity index (χ2v) is 4.16. The summed E-state index contributed by atoms with van der Waals surface area (Å²) in [5.74, 6) is -0.0673. The van der Waals surface area contributed by atoms with Gasteiger partial charge in [0.15, 0.2) is 0 Å². The lowest BCUT2D eigenvalue weighted by Gasteiger charge is -2.26. The fraction of sp³-hybridized carbons (Fsp3) is 0.286. The Morgan fingerprint density at radius 1 is 1.45 bits per heavy atom. The van der Waals surface area contributed by atoms with E-state index in [-0.39, 0.29) is 19.1 Å². The van der Waals surface area contributed by atoms with Gasteiger partial charge in [-0.25, -0.2) is 4.79 Å². The van der Waals surface area contributed by atoms with Crippen molar-refractivity contribution in [3.63, 3.8) is 0 Å². The lowest BCUT2D eigenvalue weighted by molar-refractivity contribution is -0.125. The van der Waals surface area contributed by atoms with E-state index < -0.39 is 6.09 Å². The molecule has 1 aromatic carbocycles. The maximum atomic E-state index is 11.7. The Morgan fingerprint density at radius 3 is 2.85 bits per heavy atom. The van der Waals surface area contributed by atoms with E-state index in [1.807, 2.05) is 0 Å². The Morgan fingerprint density at radius 2 is 2.20 bits per heavy atom. The molecule has 0 bridgehead atoms. The minimum atomic E-state index is -0.542. The van der Waals surface area contributed by atoms with Gasteiger partial charge in [-0.05, 0) is 24.3 Å². The summed E-state index contributed by atoms with van der Waals surface area (Å²) in [6.45, 7) is 4.78. The molecule has 6 heteroatoms. The zero-order chi connectivity index (χ0) is 14.4. The van der Waals surface area contributed by atoms with Gasteiger partial charge in [0.05, 0.1) is 6.61 Å². The van der Waals surface area contributed by atoms with Crippen molar-refractivity contribution >= 4 is 23.4 Å². The molecule has 1 aromatic rings. The van der Waals surface area contributed by atoms with Gasteiger partial charge in [-0.3, -0.25) is 10.1 Å². The quantitative estimate of drug-likeness (QED) is 0.851. The first-order chi connectivity index (χ1) is 9.70. The Hall–Kier alpha value is -2.34. The van der Waals surface area contributed by atoms with E-state index in [9.17, 15) is 9.59 Å². The molecule has 0 radical (unpaired) electrons. The number of nitrogens with zero attached hydrogens (tertiary/aromatic N) is 1. The van der Waals surface area contributed by atoms with Gasteiger partial charge in [-0.2, -0.15) is 0 Å². The van der Waals surface area contributed by atoms with Crippen molar-refractivity contribution < 1.29 is 19.1 Å². The lowest BCUT2D eigenvalue weighted by atomic mass is 10.2. The zero-order valence-electron chi connectivity index (χ0n) is 11.0. The van der Waals surface area contributed by atoms with Crippen LogP contribution in [0.4, 0.5) is 16.2 Å². The maximum absolute atomic E-state index is 11.7. The first-order valence-corrected chi connectivity index (χ1v) is 6.23. The number of carbonyl (C=O) groups excluding carboxylic acids is 2. The molecule has 1 fully saturated rings. The van der Waals surface area contributed by atoms with E-state index in [0.717, 1.165) is 5.69 Å². The van der Waals surface area contributed by atoms with Crippen molar-refractivity contribution in [2.24, 2.45) is 0 Å². The summed E-state index contributed by atoms with van der Waals surface area (Å²) in [5.41, 5.74) is 1.38. The molecule has 0 spiro atoms. The monoisotopic (exact) mass is 276 g/mol. The van der Waals surface area contributed by atoms with Crippen LogP contribution in [0.15, 0.2) is 36.9 Å². The third-order valence-electron chi connectivity index (χ3n) is 2.74. The molecule has 0 aliphatic carbocycles. The molecular formula is C14H16N2O4. The first kappa shape index (κ1) is 14.1. The summed E-state index contributed by atoms with van der Waals surface area (Å²) in [7, 11) is 0. The molecule has 0 unspecified atom stereocenters. The lowest BCUT2D eigenvalue weighted by Crippen LogP contribution is -2.41. The van der Waals surface area contributed by atoms with Gasteiger partial charge in [-0.1, -0.05) is 12.7 Å². The Labute approximate surface area is 117 Å². The predicted octanol–water partition coefficient (Wildman–Crippen LogP) is 1.78. The molecule has 1 saturated heterocycles. The Bertz CT molecular complexity index is 498. The number of carbonyl (C=O) groups is 2. The van der Waals surface area contributed by atoms with E-state index in [2.05, 4.69) is 11.9 Å². The van der Waals surface area contributed by atoms with E-state index in [1.54, 1.807) is 29.2 Å². The number of benzene rings is 1. The fourth-order valence-corrected chi connectivity index (χ4v) is 1.80. The van der Waals surface area contributed by atoms with Gasteiger partial charge >= 0.3 is 6.09 Å². The van der Waals surface area contributed by atoms with Crippen molar-refractivity contribution in [3.05, 3.63) is 36.9 Å². The molecule has 2 amide bonds. The van der Waals surface area contributed by atoms with Gasteiger partial charge < -0.3 is 14.4 Å². The van der Waals surface area contributed by atoms with Crippen LogP contribution >= 0.6 is 0 Å². The van der Waals surface area contributed by atoms with Gasteiger partial charge in [0.2, 0.25) is 0 Å². The van der Waals surface area contributed by atoms with Crippen LogP contribution < -0.4 is 10.2 Å². The fourth-order valence-electron chi connectivity index (χ4n) is 1.80. The van der Waals surface area contributed by atoms with Crippen LogP contribution in [-0.4, -0.2) is 38.4 Å². The summed E-state index contributed by atoms with van der Waals surface area (Å²) in [6.07, 6.45) is 0.951. The molecule has 106 valence electrons. The second-order valence-electron chi connectivity index (χ2n) is 4.16. The molecule has 1 N–H and O–H groups in total. The number of rotatable bonds is 4. The molecule has 2 rings (SSSR count). The molecule has 0 aromatic heterocycles. The summed E-state index contributed by atoms with van der Waals surface area (Å²) >= 11 is 0. The second kappa shape index (κ2) is 6.72. The average Bonchev–Trinajstić information content (AvgIpc) is 2.47. The van der Waals surface area contributed by atoms with Gasteiger partial charge in [0.1, 0.15) is 13.2 Å². The van der Waals surface area contributed by atoms with E-state index in [1.165, 1.54) is 6.08 Å². The number of ether oxygens (including phenoxy) is 2. The van der Waals surface area contributed by atoms with Gasteiger partial charge in [0.25, 0.3) is 5.91 Å². The van der Waals surface area contributed by atoms with Gasteiger partial charge in [-0.15, -0.1) is 0 Å². The highest BCUT2D eigenvalue weighted by atomic mass is 16.5. The highest BCUT2D eigenvalue weighted by Gasteiger charge is 2.19. The van der Waals surface area contributed by atoms with Crippen molar-refractivity contribution in [1.82, 2.24) is 0 Å². The molecule has 0 atom stereocenters. The summed E-state index contributed by atoms with van der Waals surface area (Å²) < 4.78 is 9.88. The third kappa shape index (κ3) is 3.58. The molecule has 6 nitrogen and oxygen atoms in total. The molecular weight excluding hydrogens is 260 g/mol. The Balaban J connectivity index is 1.97. The topological polar surface area (TPSA) is 67.9 Å². The largest absolute Gasteiger partial charge is 0.445 e. The zero-order valence-corrected chi connectivity index (χ0v) is 11.0. The molecule has 1 aliphatic rings. The summed E-state index contributed by atoms with van der Waals surface area (Å²) in [4.78, 5) is 24.7. The van der Waals surface area contributed by atoms with Crippen LogP contribution in [0.2, 0.25) is 0 Å². The average molecular weight is 276 g/mol. The number of hydrogen-bond acceptors (Lipinski definition) is 4. The predicted molar refractivity (Wildman–Crippen MR) is 74.8 cm³/mol. The number of hydrogen-bond donors (Lipinski definition) is 1. The van der Waals surface area contributed by atoms with Crippen molar-refractivity contribution in [3.8, 4) is 0 Å². The molecule has 1 heterocycles. The van der Waals surface area contributed by atoms with Crippen molar-refractivity contribution in [2.45, 2.75) is 0 Å². The normalized spacial score (nSPS) is 14.8. The van der Waals surface area contributed by atoms with Crippen LogP contribution in [0.1, 0.15) is 0 Å². The van der Waals surface area contributed by atoms with E-state index >= 15 is 0 Å². The van der Waals surface area contributed by atoms with Crippen LogP contribution in [0.25, 0.3) is 0 Å². The van der Waals surface area contributed by atoms with E-state index in [0.29, 0.717) is 18.8 Å². The van der Waals surface area contributed by atoms with Crippen molar-refractivity contribution in [1.29, 1.82) is 0 Å². The molecule has 20 heavy (non-hydrogen) atoms. The summed E-state index contributed by atoms with van der Waals surface area (Å²) in [6, 6.07) is 6.97. The number of morpholine rings is 1. The summed E-state index contributed by atoms with van der Waals surface area (Å²) in [5, 5.41) is 2.58. The van der Waals surface area contributed by atoms with Crippen molar-refractivity contribution in [2.75, 3.05) is 36.6 Å². The standard InChI is InChI=1S/C14H16N2O4/c1-2-8-20-14(18)15-11-3-5-12(6-4-11)16-7-9-19-10-13(16)17/h2-6H,1,7-10H2,(H,15,18). The van der Waals surface area contributed by atoms with E-state index in [4.69, 9.17) is 9.47 Å². The van der Waals surface area contributed by atoms with Gasteiger partial charge in [0, 0.05) is 17.9 Å². The number of anilines is 2. The first-order valence-electron chi connectivity index (χ1n) is 6.23. The minimum absolute atomic E-state index is 0.0673. The number of amides is 2.